The van der Waals surface area contributed by atoms with E-state index in [9.17, 15) is 9.59 Å². The minimum Gasteiger partial charge on any atom is -0.338 e. The Bertz CT molecular complexity index is 654. The average Bonchev–Trinajstić information content (AvgIpc) is 2.78. The van der Waals surface area contributed by atoms with E-state index >= 15 is 0 Å². The molecule has 96 valence electrons. The predicted octanol–water partition coefficient (Wildman–Crippen LogP) is -0.674. The van der Waals surface area contributed by atoms with Crippen LogP contribution < -0.4 is 16.6 Å². The monoisotopic (exact) mass is 251 g/mol. The van der Waals surface area contributed by atoms with E-state index < -0.39 is 11.2 Å². The summed E-state index contributed by atoms with van der Waals surface area (Å²) in [5.41, 5.74) is -0.769. The average molecular weight is 251 g/mol. The summed E-state index contributed by atoms with van der Waals surface area (Å²) in [4.78, 5) is 29.3. The largest absolute Gasteiger partial charge is 0.338 e. The molecule has 0 aliphatic heterocycles. The Balaban J connectivity index is 2.49. The number of hydrogen-bond donors (Lipinski definition) is 2. The van der Waals surface area contributed by atoms with Crippen LogP contribution in [-0.4, -0.2) is 26.7 Å². The van der Waals surface area contributed by atoms with Gasteiger partial charge in [0.25, 0.3) is 5.56 Å². The lowest BCUT2D eigenvalue weighted by atomic mass is 10.3. The molecule has 2 rings (SSSR count). The summed E-state index contributed by atoms with van der Waals surface area (Å²) in [5, 5.41) is 6.57. The number of hydrogen-bond acceptors (Lipinski definition) is 6. The molecular formula is C10H13N5O3. The molecule has 0 amide bonds. The van der Waals surface area contributed by atoms with E-state index in [0.717, 1.165) is 0 Å². The number of nitrogens with zero attached hydrogens (tertiary/aromatic N) is 3. The summed E-state index contributed by atoms with van der Waals surface area (Å²) >= 11 is 0. The summed E-state index contributed by atoms with van der Waals surface area (Å²) < 4.78 is 6.32. The Morgan fingerprint density at radius 2 is 2.28 bits per heavy atom. The lowest BCUT2D eigenvalue weighted by Crippen LogP contribution is -2.30. The highest BCUT2D eigenvalue weighted by molar-refractivity contribution is 5.50. The van der Waals surface area contributed by atoms with Crippen LogP contribution in [0.4, 0.5) is 0 Å². The van der Waals surface area contributed by atoms with E-state index in [4.69, 9.17) is 4.52 Å². The molecule has 0 aliphatic rings. The van der Waals surface area contributed by atoms with Gasteiger partial charge in [0.2, 0.25) is 11.7 Å². The molecule has 0 saturated carbocycles. The standard InChI is InChI=1S/C10H13N5O3/c1-3-15-5-6(9(16)13-10(15)17)8-12-7(4-11-2)18-14-8/h5,11H,3-4H2,1-2H3,(H,13,16,17). The molecule has 0 aromatic carbocycles. The van der Waals surface area contributed by atoms with Crippen LogP contribution in [0.1, 0.15) is 12.8 Å². The van der Waals surface area contributed by atoms with Gasteiger partial charge in [-0.1, -0.05) is 5.16 Å². The molecule has 0 unspecified atom stereocenters. The highest BCUT2D eigenvalue weighted by Crippen LogP contribution is 2.09. The highest BCUT2D eigenvalue weighted by atomic mass is 16.5. The fourth-order valence-electron chi connectivity index (χ4n) is 1.49. The van der Waals surface area contributed by atoms with Crippen molar-refractivity contribution in [1.82, 2.24) is 25.0 Å². The van der Waals surface area contributed by atoms with Gasteiger partial charge in [0.1, 0.15) is 5.56 Å². The van der Waals surface area contributed by atoms with E-state index in [2.05, 4.69) is 20.4 Å². The SMILES string of the molecule is CCn1cc(-c2noc(CNC)n2)c(=O)[nH]c1=O. The molecule has 2 aromatic rings. The third-order valence-electron chi connectivity index (χ3n) is 2.39. The quantitative estimate of drug-likeness (QED) is 0.746. The van der Waals surface area contributed by atoms with Crippen LogP contribution in [0.15, 0.2) is 20.3 Å². The molecule has 8 heteroatoms. The summed E-state index contributed by atoms with van der Waals surface area (Å²) in [5.74, 6) is 0.546. The fourth-order valence-corrected chi connectivity index (χ4v) is 1.49. The number of H-pyrrole nitrogens is 1. The number of aryl methyl sites for hydroxylation is 1. The van der Waals surface area contributed by atoms with Gasteiger partial charge < -0.3 is 14.4 Å². The van der Waals surface area contributed by atoms with Crippen molar-refractivity contribution in [2.45, 2.75) is 20.0 Å². The van der Waals surface area contributed by atoms with Gasteiger partial charge >= 0.3 is 5.69 Å². The summed E-state index contributed by atoms with van der Waals surface area (Å²) in [6.45, 7) is 2.66. The molecule has 2 aromatic heterocycles. The topological polar surface area (TPSA) is 106 Å². The maximum Gasteiger partial charge on any atom is 0.328 e. The first-order valence-corrected chi connectivity index (χ1v) is 5.47. The third kappa shape index (κ3) is 2.23. The van der Waals surface area contributed by atoms with Crippen molar-refractivity contribution in [2.24, 2.45) is 0 Å². The van der Waals surface area contributed by atoms with E-state index in [1.807, 2.05) is 0 Å². The second kappa shape index (κ2) is 4.96. The molecule has 0 bridgehead atoms. The van der Waals surface area contributed by atoms with E-state index in [1.165, 1.54) is 10.8 Å². The Hall–Kier alpha value is -2.22. The smallest absolute Gasteiger partial charge is 0.328 e. The molecule has 0 spiro atoms. The predicted molar refractivity (Wildman–Crippen MR) is 63.1 cm³/mol. The van der Waals surface area contributed by atoms with Crippen molar-refractivity contribution in [1.29, 1.82) is 0 Å². The molecule has 0 fully saturated rings. The Morgan fingerprint density at radius 1 is 1.50 bits per heavy atom. The zero-order valence-corrected chi connectivity index (χ0v) is 10.1. The van der Waals surface area contributed by atoms with Gasteiger partial charge in [-0.3, -0.25) is 9.78 Å². The molecule has 0 radical (unpaired) electrons. The van der Waals surface area contributed by atoms with Crippen LogP contribution >= 0.6 is 0 Å². The van der Waals surface area contributed by atoms with Crippen molar-refractivity contribution >= 4 is 0 Å². The van der Waals surface area contributed by atoms with Crippen molar-refractivity contribution in [3.63, 3.8) is 0 Å². The normalized spacial score (nSPS) is 10.8. The maximum absolute atomic E-state index is 11.7. The van der Waals surface area contributed by atoms with Crippen LogP contribution in [0.2, 0.25) is 0 Å². The molecule has 2 N–H and O–H groups in total. The molecule has 18 heavy (non-hydrogen) atoms. The molecule has 0 atom stereocenters. The minimum absolute atomic E-state index is 0.170. The van der Waals surface area contributed by atoms with Crippen LogP contribution in [0, 0.1) is 0 Å². The van der Waals surface area contributed by atoms with Crippen LogP contribution in [-0.2, 0) is 13.1 Å². The highest BCUT2D eigenvalue weighted by Gasteiger charge is 2.13. The number of aromatic nitrogens is 4. The lowest BCUT2D eigenvalue weighted by Gasteiger charge is -2.01. The van der Waals surface area contributed by atoms with E-state index in [-0.39, 0.29) is 11.4 Å². The van der Waals surface area contributed by atoms with Crippen molar-refractivity contribution in [3.8, 4) is 11.4 Å². The second-order valence-electron chi connectivity index (χ2n) is 3.63. The molecule has 8 nitrogen and oxygen atoms in total. The third-order valence-corrected chi connectivity index (χ3v) is 2.39. The lowest BCUT2D eigenvalue weighted by molar-refractivity contribution is 0.372. The van der Waals surface area contributed by atoms with Crippen LogP contribution in [0.3, 0.4) is 0 Å². The molecule has 0 aliphatic carbocycles. The summed E-state index contributed by atoms with van der Waals surface area (Å²) in [7, 11) is 1.74. The second-order valence-corrected chi connectivity index (χ2v) is 3.63. The van der Waals surface area contributed by atoms with Gasteiger partial charge in [0.15, 0.2) is 0 Å². The van der Waals surface area contributed by atoms with Gasteiger partial charge in [0.05, 0.1) is 6.54 Å². The van der Waals surface area contributed by atoms with Gasteiger partial charge in [-0.25, -0.2) is 4.79 Å². The maximum atomic E-state index is 11.7. The number of nitrogens with one attached hydrogen (secondary N) is 2. The first-order valence-electron chi connectivity index (χ1n) is 5.47. The Morgan fingerprint density at radius 3 is 2.94 bits per heavy atom. The number of rotatable bonds is 4. The zero-order valence-electron chi connectivity index (χ0n) is 10.1. The Labute approximate surface area is 102 Å². The van der Waals surface area contributed by atoms with Gasteiger partial charge in [-0.2, -0.15) is 4.98 Å². The first kappa shape index (κ1) is 12.2. The van der Waals surface area contributed by atoms with E-state index in [0.29, 0.717) is 19.0 Å². The summed E-state index contributed by atoms with van der Waals surface area (Å²) in [6.07, 6.45) is 1.43. The van der Waals surface area contributed by atoms with Gasteiger partial charge in [0, 0.05) is 12.7 Å². The number of aromatic amines is 1. The van der Waals surface area contributed by atoms with Crippen molar-refractivity contribution in [3.05, 3.63) is 32.9 Å². The van der Waals surface area contributed by atoms with Crippen LogP contribution in [0.5, 0.6) is 0 Å². The minimum atomic E-state index is -0.526. The first-order chi connectivity index (χ1) is 8.65. The molecule has 0 saturated heterocycles. The van der Waals surface area contributed by atoms with Crippen molar-refractivity contribution in [2.75, 3.05) is 7.05 Å². The van der Waals surface area contributed by atoms with Gasteiger partial charge in [-0.05, 0) is 14.0 Å². The van der Waals surface area contributed by atoms with Crippen molar-refractivity contribution < 1.29 is 4.52 Å². The summed E-state index contributed by atoms with van der Waals surface area (Å²) in [6, 6.07) is 0. The van der Waals surface area contributed by atoms with Crippen LogP contribution in [0.25, 0.3) is 11.4 Å². The fraction of sp³-hybridized carbons (Fsp3) is 0.400. The van der Waals surface area contributed by atoms with E-state index in [1.54, 1.807) is 14.0 Å². The zero-order chi connectivity index (χ0) is 13.1. The molecular weight excluding hydrogens is 238 g/mol. The Kier molecular flexibility index (Phi) is 3.38. The molecule has 2 heterocycles. The van der Waals surface area contributed by atoms with Gasteiger partial charge in [-0.15, -0.1) is 0 Å².